The summed E-state index contributed by atoms with van der Waals surface area (Å²) in [6, 6.07) is 12.1. The number of aliphatic hydroxyl groups excluding tert-OH is 1. The van der Waals surface area contributed by atoms with Crippen molar-refractivity contribution in [3.8, 4) is 0 Å². The molecule has 1 saturated carbocycles. The van der Waals surface area contributed by atoms with Crippen LogP contribution in [-0.2, 0) is 9.09 Å². The molecule has 1 aliphatic rings. The number of halogens is 2. The lowest BCUT2D eigenvalue weighted by Gasteiger charge is -2.31. The molecule has 3 rings (SSSR count). The Morgan fingerprint density at radius 3 is 2.29 bits per heavy atom. The average molecular weight is 442 g/mol. The van der Waals surface area contributed by atoms with Gasteiger partial charge in [0.15, 0.2) is 5.85 Å². The largest absolute Gasteiger partial charge is 0.378 e. The summed E-state index contributed by atoms with van der Waals surface area (Å²) in [7, 11) is 0.244. The Balaban J connectivity index is 2.01. The van der Waals surface area contributed by atoms with Gasteiger partial charge in [-0.25, -0.2) is 0 Å². The van der Waals surface area contributed by atoms with Gasteiger partial charge in [0.25, 0.3) is 7.37 Å². The lowest BCUT2D eigenvalue weighted by molar-refractivity contribution is 0.137. The van der Waals surface area contributed by atoms with Crippen molar-refractivity contribution in [2.24, 2.45) is 0 Å². The van der Waals surface area contributed by atoms with Gasteiger partial charge >= 0.3 is 0 Å². The molecule has 2 atom stereocenters. The number of hydrogen-bond donors (Lipinski definition) is 1. The maximum atomic E-state index is 14.1. The van der Waals surface area contributed by atoms with Crippen molar-refractivity contribution < 1.29 is 14.2 Å². The van der Waals surface area contributed by atoms with Gasteiger partial charge in [0.2, 0.25) is 0 Å². The Labute approximate surface area is 176 Å². The van der Waals surface area contributed by atoms with Crippen molar-refractivity contribution in [1.29, 1.82) is 0 Å². The van der Waals surface area contributed by atoms with Crippen molar-refractivity contribution in [3.63, 3.8) is 0 Å². The van der Waals surface area contributed by atoms with Crippen LogP contribution in [-0.4, -0.2) is 25.3 Å². The van der Waals surface area contributed by atoms with E-state index in [0.717, 1.165) is 37.8 Å². The lowest BCUT2D eigenvalue weighted by atomic mass is 9.98. The van der Waals surface area contributed by atoms with Gasteiger partial charge in [-0.3, -0.25) is 4.57 Å². The van der Waals surface area contributed by atoms with E-state index >= 15 is 0 Å². The zero-order valence-corrected chi connectivity index (χ0v) is 18.6. The van der Waals surface area contributed by atoms with Crippen LogP contribution in [0, 0.1) is 0 Å². The standard InChI is InChI=1S/C21H26Cl2NO3P/c1-24(2)16-9-11-18(12-10-16)28(26,27-17-6-4-3-5-7-17)21(25)19-13-8-15(22)14-20(19)23/h8-14,17,21,25H,3-7H2,1-2H3/t21-,28-/m1/s1. The molecular weight excluding hydrogens is 416 g/mol. The molecule has 1 N–H and O–H groups in total. The fraction of sp³-hybridized carbons (Fsp3) is 0.429. The summed E-state index contributed by atoms with van der Waals surface area (Å²) >= 11 is 12.3. The van der Waals surface area contributed by atoms with Gasteiger partial charge in [-0.1, -0.05) is 48.5 Å². The summed E-state index contributed by atoms with van der Waals surface area (Å²) in [6.07, 6.45) is 4.81. The van der Waals surface area contributed by atoms with Gasteiger partial charge in [-0.2, -0.15) is 0 Å². The first-order valence-electron chi connectivity index (χ1n) is 9.50. The maximum absolute atomic E-state index is 14.1. The molecule has 0 amide bonds. The van der Waals surface area contributed by atoms with E-state index in [0.29, 0.717) is 15.9 Å². The molecule has 0 unspecified atom stereocenters. The third-order valence-corrected chi connectivity index (χ3v) is 8.26. The molecule has 0 aromatic heterocycles. The van der Waals surface area contributed by atoms with Crippen LogP contribution in [0.2, 0.25) is 10.0 Å². The predicted molar refractivity (Wildman–Crippen MR) is 117 cm³/mol. The Bertz CT molecular complexity index is 851. The predicted octanol–water partition coefficient (Wildman–Crippen LogP) is 6.00. The number of nitrogens with zero attached hydrogens (tertiary/aromatic N) is 1. The maximum Gasteiger partial charge on any atom is 0.264 e. The summed E-state index contributed by atoms with van der Waals surface area (Å²) in [4.78, 5) is 1.96. The molecule has 28 heavy (non-hydrogen) atoms. The lowest BCUT2D eigenvalue weighted by Crippen LogP contribution is -2.22. The molecule has 0 aliphatic heterocycles. The Morgan fingerprint density at radius 2 is 1.71 bits per heavy atom. The topological polar surface area (TPSA) is 49.8 Å². The molecule has 0 spiro atoms. The Morgan fingerprint density at radius 1 is 1.07 bits per heavy atom. The van der Waals surface area contributed by atoms with Crippen LogP contribution in [0.3, 0.4) is 0 Å². The normalized spacial score (nSPS) is 18.5. The molecule has 7 heteroatoms. The molecule has 0 heterocycles. The minimum absolute atomic E-state index is 0.131. The van der Waals surface area contributed by atoms with Crippen molar-refractivity contribution in [1.82, 2.24) is 0 Å². The first kappa shape index (κ1) is 21.7. The third kappa shape index (κ3) is 4.75. The van der Waals surface area contributed by atoms with Gasteiger partial charge in [0, 0.05) is 40.7 Å². The third-order valence-electron chi connectivity index (χ3n) is 5.15. The number of benzene rings is 2. The number of aliphatic hydroxyl groups is 1. The first-order valence-corrected chi connectivity index (χ1v) is 12.0. The van der Waals surface area contributed by atoms with Crippen LogP contribution in [0.5, 0.6) is 0 Å². The van der Waals surface area contributed by atoms with Crippen molar-refractivity contribution in [3.05, 3.63) is 58.1 Å². The van der Waals surface area contributed by atoms with E-state index in [1.165, 1.54) is 0 Å². The van der Waals surface area contributed by atoms with Crippen molar-refractivity contribution in [2.45, 2.75) is 44.1 Å². The highest BCUT2D eigenvalue weighted by molar-refractivity contribution is 7.67. The highest BCUT2D eigenvalue weighted by Gasteiger charge is 2.40. The van der Waals surface area contributed by atoms with Gasteiger partial charge < -0.3 is 14.5 Å². The Kier molecular flexibility index (Phi) is 7.12. The smallest absolute Gasteiger partial charge is 0.264 e. The minimum atomic E-state index is -3.64. The molecule has 1 aliphatic carbocycles. The van der Waals surface area contributed by atoms with Crippen LogP contribution < -0.4 is 10.2 Å². The monoisotopic (exact) mass is 441 g/mol. The fourth-order valence-electron chi connectivity index (χ4n) is 3.50. The van der Waals surface area contributed by atoms with Gasteiger partial charge in [0.05, 0.1) is 6.10 Å². The number of hydrogen-bond acceptors (Lipinski definition) is 4. The van der Waals surface area contributed by atoms with Crippen LogP contribution in [0.15, 0.2) is 42.5 Å². The van der Waals surface area contributed by atoms with Crippen LogP contribution in [0.1, 0.15) is 43.5 Å². The van der Waals surface area contributed by atoms with E-state index in [-0.39, 0.29) is 11.1 Å². The highest BCUT2D eigenvalue weighted by atomic mass is 35.5. The molecule has 152 valence electrons. The quantitative estimate of drug-likeness (QED) is 0.558. The zero-order valence-electron chi connectivity index (χ0n) is 16.1. The Hall–Kier alpha value is -1.03. The summed E-state index contributed by atoms with van der Waals surface area (Å²) in [5, 5.41) is 12.4. The molecule has 0 bridgehead atoms. The highest BCUT2D eigenvalue weighted by Crippen LogP contribution is 2.60. The summed E-state index contributed by atoms with van der Waals surface area (Å²) in [5.74, 6) is -1.36. The average Bonchev–Trinajstić information content (AvgIpc) is 2.68. The van der Waals surface area contributed by atoms with Gasteiger partial charge in [0.1, 0.15) is 0 Å². The van der Waals surface area contributed by atoms with E-state index in [2.05, 4.69) is 0 Å². The second-order valence-electron chi connectivity index (χ2n) is 7.41. The molecule has 2 aromatic carbocycles. The van der Waals surface area contributed by atoms with Crippen molar-refractivity contribution in [2.75, 3.05) is 19.0 Å². The second-order valence-corrected chi connectivity index (χ2v) is 10.7. The summed E-state index contributed by atoms with van der Waals surface area (Å²) < 4.78 is 20.3. The molecule has 2 aromatic rings. The number of rotatable bonds is 6. The van der Waals surface area contributed by atoms with E-state index in [9.17, 15) is 9.67 Å². The molecule has 0 radical (unpaired) electrons. The van der Waals surface area contributed by atoms with E-state index in [1.807, 2.05) is 31.1 Å². The second kappa shape index (κ2) is 9.19. The van der Waals surface area contributed by atoms with Crippen LogP contribution >= 0.6 is 30.6 Å². The van der Waals surface area contributed by atoms with Gasteiger partial charge in [-0.05, 0) is 49.2 Å². The van der Waals surface area contributed by atoms with Gasteiger partial charge in [-0.15, -0.1) is 0 Å². The molecule has 0 saturated heterocycles. The molecular formula is C21H26Cl2NO3P. The summed E-state index contributed by atoms with van der Waals surface area (Å²) in [5.41, 5.74) is 1.34. The SMILES string of the molecule is CN(C)c1ccc([P@@](=O)(OC2CCCCC2)[C@@H](O)c2ccc(Cl)cc2Cl)cc1. The zero-order chi connectivity index (χ0) is 20.3. The molecule has 4 nitrogen and oxygen atoms in total. The van der Waals surface area contributed by atoms with E-state index in [1.54, 1.807) is 30.3 Å². The van der Waals surface area contributed by atoms with E-state index in [4.69, 9.17) is 27.7 Å². The van der Waals surface area contributed by atoms with Crippen LogP contribution in [0.25, 0.3) is 0 Å². The van der Waals surface area contributed by atoms with Crippen molar-refractivity contribution >= 4 is 41.6 Å². The first-order chi connectivity index (χ1) is 13.3. The number of anilines is 1. The van der Waals surface area contributed by atoms with E-state index < -0.39 is 13.2 Å². The fourth-order valence-corrected chi connectivity index (χ4v) is 6.42. The van der Waals surface area contributed by atoms with Crippen LogP contribution in [0.4, 0.5) is 5.69 Å². The molecule has 1 fully saturated rings. The minimum Gasteiger partial charge on any atom is -0.378 e. The summed E-state index contributed by atoms with van der Waals surface area (Å²) in [6.45, 7) is 0.